The van der Waals surface area contributed by atoms with Crippen LogP contribution in [0.3, 0.4) is 0 Å². The Morgan fingerprint density at radius 3 is 2.74 bits per heavy atom. The normalized spacial score (nSPS) is 18.5. The maximum Gasteiger partial charge on any atom is 0.290 e. The molecule has 3 aromatic heterocycles. The van der Waals surface area contributed by atoms with E-state index in [-0.39, 0.29) is 6.47 Å². The van der Waals surface area contributed by atoms with Crippen LogP contribution in [0, 0.1) is 5.92 Å². The minimum atomic E-state index is -0.250. The monoisotopic (exact) mass is 421 g/mol. The molecule has 0 aliphatic heterocycles. The maximum absolute atomic E-state index is 8.36. The van der Waals surface area contributed by atoms with E-state index in [0.29, 0.717) is 11.7 Å². The number of carboxylic acid groups (broad SMARTS) is 1. The standard InChI is InChI=1S/C22H25N5O.CH2O2/c1-13-6-8-14(9-7-13)22-26-19(20-21(23)24-10-11-27(20)22)16-12-15-4-3-5-17(28-2)18(15)25-16;2-1-3/h3-5,10-14,25H,6-9H2,1-2H3,(H2,23,24);1H,(H,2,3). The van der Waals surface area contributed by atoms with E-state index in [1.165, 1.54) is 25.7 Å². The largest absolute Gasteiger partial charge is 0.495 e. The first kappa shape index (κ1) is 20.7. The third kappa shape index (κ3) is 3.81. The average Bonchev–Trinajstić information content (AvgIpc) is 3.37. The van der Waals surface area contributed by atoms with Gasteiger partial charge in [-0.3, -0.25) is 9.20 Å². The SMILES string of the molecule is COc1cccc2cc(-c3nc(C4CCC(C)CC4)n4ccnc(N)c34)[nH]c12.O=CO. The number of anilines is 1. The number of carbonyl (C=O) groups is 1. The predicted molar refractivity (Wildman–Crippen MR) is 120 cm³/mol. The minimum absolute atomic E-state index is 0.250. The van der Waals surface area contributed by atoms with Crippen LogP contribution < -0.4 is 10.5 Å². The quantitative estimate of drug-likeness (QED) is 0.420. The van der Waals surface area contributed by atoms with Crippen molar-refractivity contribution in [1.82, 2.24) is 19.4 Å². The molecule has 0 radical (unpaired) electrons. The van der Waals surface area contributed by atoms with E-state index in [9.17, 15) is 0 Å². The van der Waals surface area contributed by atoms with Crippen molar-refractivity contribution in [3.63, 3.8) is 0 Å². The molecule has 1 aromatic carbocycles. The van der Waals surface area contributed by atoms with Crippen LogP contribution in [0.1, 0.15) is 44.3 Å². The number of fused-ring (bicyclic) bond motifs is 2. The third-order valence-electron chi connectivity index (χ3n) is 6.08. The van der Waals surface area contributed by atoms with Crippen molar-refractivity contribution in [3.05, 3.63) is 42.5 Å². The molecule has 1 fully saturated rings. The lowest BCUT2D eigenvalue weighted by Gasteiger charge is -2.25. The molecule has 31 heavy (non-hydrogen) atoms. The molecule has 0 saturated heterocycles. The average molecular weight is 422 g/mol. The topological polar surface area (TPSA) is 119 Å². The lowest BCUT2D eigenvalue weighted by molar-refractivity contribution is -0.122. The van der Waals surface area contributed by atoms with Crippen molar-refractivity contribution in [2.45, 2.75) is 38.5 Å². The summed E-state index contributed by atoms with van der Waals surface area (Å²) in [4.78, 5) is 21.3. The zero-order chi connectivity index (χ0) is 22.0. The van der Waals surface area contributed by atoms with Gasteiger partial charge in [0.25, 0.3) is 6.47 Å². The number of nitrogens with zero attached hydrogens (tertiary/aromatic N) is 3. The Morgan fingerprint density at radius 2 is 2.03 bits per heavy atom. The number of nitrogens with two attached hydrogens (primary N) is 1. The second-order valence-electron chi connectivity index (χ2n) is 8.02. The molecule has 5 rings (SSSR count). The number of para-hydroxylation sites is 1. The van der Waals surface area contributed by atoms with E-state index < -0.39 is 0 Å². The number of aromatic amines is 1. The summed E-state index contributed by atoms with van der Waals surface area (Å²) in [5, 5.41) is 7.98. The lowest BCUT2D eigenvalue weighted by atomic mass is 9.82. The Kier molecular flexibility index (Phi) is 5.79. The molecule has 1 saturated carbocycles. The molecular weight excluding hydrogens is 394 g/mol. The lowest BCUT2D eigenvalue weighted by Crippen LogP contribution is -2.13. The summed E-state index contributed by atoms with van der Waals surface area (Å²) >= 11 is 0. The molecule has 1 aliphatic carbocycles. The molecule has 8 nitrogen and oxygen atoms in total. The number of H-pyrrole nitrogens is 1. The summed E-state index contributed by atoms with van der Waals surface area (Å²) in [5.74, 6) is 3.68. The predicted octanol–water partition coefficient (Wildman–Crippen LogP) is 4.46. The van der Waals surface area contributed by atoms with Gasteiger partial charge in [-0.25, -0.2) is 9.97 Å². The van der Waals surface area contributed by atoms with E-state index in [4.69, 9.17) is 25.4 Å². The Balaban J connectivity index is 0.000000730. The van der Waals surface area contributed by atoms with Gasteiger partial charge in [-0.1, -0.05) is 31.9 Å². The fraction of sp³-hybridized carbons (Fsp3) is 0.348. The number of aromatic nitrogens is 4. The number of hydrogen-bond acceptors (Lipinski definition) is 5. The molecule has 0 unspecified atom stereocenters. The number of nitrogens with one attached hydrogen (secondary N) is 1. The highest BCUT2D eigenvalue weighted by Gasteiger charge is 2.26. The van der Waals surface area contributed by atoms with Crippen LogP contribution in [0.15, 0.2) is 36.7 Å². The van der Waals surface area contributed by atoms with Gasteiger partial charge in [-0.15, -0.1) is 0 Å². The Hall–Kier alpha value is -3.55. The smallest absolute Gasteiger partial charge is 0.290 e. The van der Waals surface area contributed by atoms with Crippen LogP contribution in [0.25, 0.3) is 27.8 Å². The highest BCUT2D eigenvalue weighted by Crippen LogP contribution is 2.39. The molecule has 4 N–H and O–H groups in total. The first-order valence-electron chi connectivity index (χ1n) is 10.4. The van der Waals surface area contributed by atoms with Crippen molar-refractivity contribution >= 4 is 28.7 Å². The summed E-state index contributed by atoms with van der Waals surface area (Å²) in [7, 11) is 1.69. The van der Waals surface area contributed by atoms with Crippen LogP contribution >= 0.6 is 0 Å². The van der Waals surface area contributed by atoms with Crippen molar-refractivity contribution < 1.29 is 14.6 Å². The molecule has 162 valence electrons. The molecule has 1 aliphatic rings. The Labute approximate surface area is 180 Å². The molecule has 0 amide bonds. The van der Waals surface area contributed by atoms with Gasteiger partial charge in [0, 0.05) is 23.7 Å². The fourth-order valence-electron chi connectivity index (χ4n) is 4.51. The van der Waals surface area contributed by atoms with Crippen LogP contribution in [-0.2, 0) is 4.79 Å². The highest BCUT2D eigenvalue weighted by atomic mass is 16.5. The van der Waals surface area contributed by atoms with E-state index in [1.54, 1.807) is 13.3 Å². The molecule has 0 bridgehead atoms. The second kappa shape index (κ2) is 8.67. The zero-order valence-electron chi connectivity index (χ0n) is 17.7. The van der Waals surface area contributed by atoms with Gasteiger partial charge in [0.05, 0.1) is 18.3 Å². The van der Waals surface area contributed by atoms with Crippen LogP contribution in [0.5, 0.6) is 5.75 Å². The van der Waals surface area contributed by atoms with Gasteiger partial charge >= 0.3 is 0 Å². The summed E-state index contributed by atoms with van der Waals surface area (Å²) in [6.45, 7) is 2.09. The second-order valence-corrected chi connectivity index (χ2v) is 8.02. The van der Waals surface area contributed by atoms with Gasteiger partial charge in [0.1, 0.15) is 28.6 Å². The van der Waals surface area contributed by atoms with Gasteiger partial charge in [0.15, 0.2) is 0 Å². The number of hydrogen-bond donors (Lipinski definition) is 3. The maximum atomic E-state index is 8.36. The number of rotatable bonds is 3. The Morgan fingerprint density at radius 1 is 1.29 bits per heavy atom. The van der Waals surface area contributed by atoms with Crippen molar-refractivity contribution in [2.24, 2.45) is 5.92 Å². The van der Waals surface area contributed by atoms with E-state index >= 15 is 0 Å². The van der Waals surface area contributed by atoms with Crippen molar-refractivity contribution in [2.75, 3.05) is 12.8 Å². The van der Waals surface area contributed by atoms with Gasteiger partial charge < -0.3 is 20.6 Å². The van der Waals surface area contributed by atoms with Crippen LogP contribution in [0.2, 0.25) is 0 Å². The summed E-state index contributed by atoms with van der Waals surface area (Å²) < 4.78 is 7.64. The van der Waals surface area contributed by atoms with E-state index in [1.807, 2.05) is 18.3 Å². The minimum Gasteiger partial charge on any atom is -0.495 e. The fourth-order valence-corrected chi connectivity index (χ4v) is 4.51. The van der Waals surface area contributed by atoms with Crippen molar-refractivity contribution in [1.29, 1.82) is 0 Å². The molecule has 0 atom stereocenters. The number of ether oxygens (including phenoxy) is 1. The first-order chi connectivity index (χ1) is 15.1. The molecule has 0 spiro atoms. The molecular formula is C23H27N5O3. The number of nitrogen functional groups attached to an aromatic ring is 1. The van der Waals surface area contributed by atoms with E-state index in [2.05, 4.69) is 33.4 Å². The summed E-state index contributed by atoms with van der Waals surface area (Å²) in [6.07, 6.45) is 8.58. The number of imidazole rings is 1. The van der Waals surface area contributed by atoms with Gasteiger partial charge in [0.2, 0.25) is 0 Å². The first-order valence-corrected chi connectivity index (χ1v) is 10.4. The molecule has 3 heterocycles. The third-order valence-corrected chi connectivity index (χ3v) is 6.08. The zero-order valence-corrected chi connectivity index (χ0v) is 17.7. The van der Waals surface area contributed by atoms with Crippen LogP contribution in [0.4, 0.5) is 5.82 Å². The molecule has 4 aromatic rings. The Bertz CT molecular complexity index is 1200. The summed E-state index contributed by atoms with van der Waals surface area (Å²) in [5.41, 5.74) is 9.94. The van der Waals surface area contributed by atoms with Gasteiger partial charge in [-0.2, -0.15) is 0 Å². The van der Waals surface area contributed by atoms with E-state index in [0.717, 1.165) is 45.3 Å². The van der Waals surface area contributed by atoms with Gasteiger partial charge in [-0.05, 0) is 30.9 Å². The number of methoxy groups -OCH3 is 1. The van der Waals surface area contributed by atoms with Crippen LogP contribution in [-0.4, -0.2) is 38.0 Å². The highest BCUT2D eigenvalue weighted by molar-refractivity contribution is 5.93. The number of benzene rings is 1. The summed E-state index contributed by atoms with van der Waals surface area (Å²) in [6, 6.07) is 8.13. The van der Waals surface area contributed by atoms with Crippen molar-refractivity contribution in [3.8, 4) is 17.1 Å². The molecule has 8 heteroatoms.